The van der Waals surface area contributed by atoms with Gasteiger partial charge in [0.15, 0.2) is 12.7 Å². The molecule has 5 heteroatoms. The van der Waals surface area contributed by atoms with E-state index in [4.69, 9.17) is 14.7 Å². The lowest BCUT2D eigenvalue weighted by Crippen LogP contribution is -2.15. The summed E-state index contributed by atoms with van der Waals surface area (Å²) in [5, 5.41) is 18.0. The number of ether oxygens (including phenoxy) is 2. The average molecular weight is 235 g/mol. The van der Waals surface area contributed by atoms with E-state index in [9.17, 15) is 9.90 Å². The average Bonchev–Trinajstić information content (AvgIpc) is 2.36. The zero-order valence-corrected chi connectivity index (χ0v) is 9.42. The summed E-state index contributed by atoms with van der Waals surface area (Å²) in [4.78, 5) is 11.1. The molecule has 0 spiro atoms. The topological polar surface area (TPSA) is 79.6 Å². The fraction of sp³-hybridized carbons (Fsp3) is 0.333. The van der Waals surface area contributed by atoms with E-state index in [1.54, 1.807) is 37.3 Å². The molecule has 0 unspecified atom stereocenters. The molecule has 0 aromatic heterocycles. The van der Waals surface area contributed by atoms with Crippen molar-refractivity contribution in [2.24, 2.45) is 0 Å². The van der Waals surface area contributed by atoms with Crippen LogP contribution in [0.2, 0.25) is 0 Å². The van der Waals surface area contributed by atoms with E-state index in [1.807, 2.05) is 0 Å². The molecule has 0 aliphatic heterocycles. The molecule has 0 saturated heterocycles. The number of nitrogens with zero attached hydrogens (tertiary/aromatic N) is 1. The molecule has 1 N–H and O–H groups in total. The monoisotopic (exact) mass is 235 g/mol. The molecule has 90 valence electrons. The van der Waals surface area contributed by atoms with E-state index in [1.165, 1.54) is 0 Å². The Morgan fingerprint density at radius 3 is 2.88 bits per heavy atom. The van der Waals surface area contributed by atoms with Gasteiger partial charge in [-0.05, 0) is 13.0 Å². The summed E-state index contributed by atoms with van der Waals surface area (Å²) in [5.41, 5.74) is 0.333. The Kier molecular flexibility index (Phi) is 4.98. The van der Waals surface area contributed by atoms with Crippen LogP contribution in [0.3, 0.4) is 0 Å². The van der Waals surface area contributed by atoms with Crippen molar-refractivity contribution in [3.8, 4) is 11.8 Å². The number of rotatable bonds is 5. The molecule has 0 amide bonds. The zero-order chi connectivity index (χ0) is 12.7. The summed E-state index contributed by atoms with van der Waals surface area (Å²) in [6.07, 6.45) is -1.27. The number of benzene rings is 1. The first-order chi connectivity index (χ1) is 8.19. The van der Waals surface area contributed by atoms with Crippen LogP contribution in [0.5, 0.6) is 5.75 Å². The van der Waals surface area contributed by atoms with E-state index in [-0.39, 0.29) is 13.2 Å². The predicted molar refractivity (Wildman–Crippen MR) is 59.1 cm³/mol. The molecule has 1 aromatic carbocycles. The van der Waals surface area contributed by atoms with Crippen LogP contribution in [0, 0.1) is 11.3 Å². The van der Waals surface area contributed by atoms with Gasteiger partial charge in [0, 0.05) is 5.56 Å². The number of nitriles is 1. The van der Waals surface area contributed by atoms with Crippen LogP contribution in [-0.4, -0.2) is 24.3 Å². The van der Waals surface area contributed by atoms with E-state index in [2.05, 4.69) is 0 Å². The third-order valence-corrected chi connectivity index (χ3v) is 1.99. The fourth-order valence-electron chi connectivity index (χ4n) is 1.25. The van der Waals surface area contributed by atoms with E-state index < -0.39 is 12.1 Å². The quantitative estimate of drug-likeness (QED) is 0.612. The highest BCUT2D eigenvalue weighted by Crippen LogP contribution is 2.24. The number of aliphatic hydroxyl groups excluding tert-OH is 1. The van der Waals surface area contributed by atoms with Gasteiger partial charge in [0.25, 0.3) is 0 Å². The molecule has 0 radical (unpaired) electrons. The number of para-hydroxylation sites is 1. The Hall–Kier alpha value is -2.06. The molecular weight excluding hydrogens is 222 g/mol. The maximum absolute atomic E-state index is 11.1. The Morgan fingerprint density at radius 2 is 2.24 bits per heavy atom. The van der Waals surface area contributed by atoms with Crippen molar-refractivity contribution in [2.75, 3.05) is 13.2 Å². The number of aliphatic hydroxyl groups is 1. The molecule has 0 fully saturated rings. The second kappa shape index (κ2) is 6.51. The van der Waals surface area contributed by atoms with Crippen molar-refractivity contribution in [3.63, 3.8) is 0 Å². The van der Waals surface area contributed by atoms with Crippen LogP contribution < -0.4 is 4.74 Å². The molecule has 1 atom stereocenters. The molecule has 0 heterocycles. The summed E-state index contributed by atoms with van der Waals surface area (Å²) >= 11 is 0. The van der Waals surface area contributed by atoms with Gasteiger partial charge >= 0.3 is 5.97 Å². The number of hydrogen-bond donors (Lipinski definition) is 1. The van der Waals surface area contributed by atoms with Crippen LogP contribution in [0.1, 0.15) is 18.6 Å². The molecule has 1 rings (SSSR count). The minimum atomic E-state index is -1.27. The molecular formula is C12H13NO4. The predicted octanol–water partition coefficient (Wildman–Crippen LogP) is 1.19. The third kappa shape index (κ3) is 3.78. The summed E-state index contributed by atoms with van der Waals surface area (Å²) in [7, 11) is 0. The SMILES string of the molecule is CCOC(=O)COc1ccccc1[C@@H](O)C#N. The third-order valence-electron chi connectivity index (χ3n) is 1.99. The Bertz CT molecular complexity index is 425. The number of carbonyl (C=O) groups excluding carboxylic acids is 1. The molecule has 17 heavy (non-hydrogen) atoms. The van der Waals surface area contributed by atoms with Gasteiger partial charge in [0.2, 0.25) is 0 Å². The molecule has 1 aromatic rings. The van der Waals surface area contributed by atoms with Crippen molar-refractivity contribution >= 4 is 5.97 Å². The lowest BCUT2D eigenvalue weighted by Gasteiger charge is -2.11. The van der Waals surface area contributed by atoms with Gasteiger partial charge in [-0.2, -0.15) is 5.26 Å². The van der Waals surface area contributed by atoms with Gasteiger partial charge in [-0.15, -0.1) is 0 Å². The highest BCUT2D eigenvalue weighted by atomic mass is 16.6. The summed E-state index contributed by atoms with van der Waals surface area (Å²) < 4.78 is 9.89. The van der Waals surface area contributed by atoms with Crippen LogP contribution in [0.25, 0.3) is 0 Å². The maximum atomic E-state index is 11.1. The standard InChI is InChI=1S/C12H13NO4/c1-2-16-12(15)8-17-11-6-4-3-5-9(11)10(14)7-13/h3-6,10,14H,2,8H2,1H3/t10-/m0/s1. The molecule has 5 nitrogen and oxygen atoms in total. The number of hydrogen-bond acceptors (Lipinski definition) is 5. The van der Waals surface area contributed by atoms with Crippen molar-refractivity contribution in [1.82, 2.24) is 0 Å². The first-order valence-corrected chi connectivity index (χ1v) is 5.14. The van der Waals surface area contributed by atoms with Crippen LogP contribution in [-0.2, 0) is 9.53 Å². The van der Waals surface area contributed by atoms with Gasteiger partial charge in [0.05, 0.1) is 12.7 Å². The van der Waals surface area contributed by atoms with Gasteiger partial charge in [-0.1, -0.05) is 18.2 Å². The van der Waals surface area contributed by atoms with Gasteiger partial charge in [0.1, 0.15) is 5.75 Å². The second-order valence-electron chi connectivity index (χ2n) is 3.16. The first-order valence-electron chi connectivity index (χ1n) is 5.14. The Labute approximate surface area is 99.2 Å². The molecule has 0 aliphatic rings. The summed E-state index contributed by atoms with van der Waals surface area (Å²) in [6.45, 7) is 1.74. The summed E-state index contributed by atoms with van der Waals surface area (Å²) in [6, 6.07) is 8.20. The van der Waals surface area contributed by atoms with Crippen LogP contribution in [0.4, 0.5) is 0 Å². The summed E-state index contributed by atoms with van der Waals surface area (Å²) in [5.74, 6) is -0.191. The van der Waals surface area contributed by atoms with Crippen LogP contribution >= 0.6 is 0 Å². The van der Waals surface area contributed by atoms with E-state index >= 15 is 0 Å². The number of carbonyl (C=O) groups is 1. The van der Waals surface area contributed by atoms with E-state index in [0.29, 0.717) is 11.3 Å². The number of esters is 1. The minimum absolute atomic E-state index is 0.247. The zero-order valence-electron chi connectivity index (χ0n) is 9.42. The lowest BCUT2D eigenvalue weighted by molar-refractivity contribution is -0.145. The van der Waals surface area contributed by atoms with E-state index in [0.717, 1.165) is 0 Å². The Balaban J connectivity index is 2.71. The maximum Gasteiger partial charge on any atom is 0.344 e. The molecule has 0 aliphatic carbocycles. The fourth-order valence-corrected chi connectivity index (χ4v) is 1.25. The largest absolute Gasteiger partial charge is 0.481 e. The Morgan fingerprint density at radius 1 is 1.53 bits per heavy atom. The normalized spacial score (nSPS) is 11.4. The second-order valence-corrected chi connectivity index (χ2v) is 3.16. The van der Waals surface area contributed by atoms with Crippen molar-refractivity contribution < 1.29 is 19.4 Å². The molecule has 0 saturated carbocycles. The van der Waals surface area contributed by atoms with Crippen molar-refractivity contribution in [3.05, 3.63) is 29.8 Å². The minimum Gasteiger partial charge on any atom is -0.481 e. The van der Waals surface area contributed by atoms with Crippen LogP contribution in [0.15, 0.2) is 24.3 Å². The smallest absolute Gasteiger partial charge is 0.344 e. The van der Waals surface area contributed by atoms with Gasteiger partial charge in [-0.3, -0.25) is 0 Å². The van der Waals surface area contributed by atoms with Crippen molar-refractivity contribution in [2.45, 2.75) is 13.0 Å². The lowest BCUT2D eigenvalue weighted by atomic mass is 10.1. The van der Waals surface area contributed by atoms with Crippen molar-refractivity contribution in [1.29, 1.82) is 5.26 Å². The molecule has 0 bridgehead atoms. The highest BCUT2D eigenvalue weighted by molar-refractivity contribution is 5.71. The highest BCUT2D eigenvalue weighted by Gasteiger charge is 2.13. The van der Waals surface area contributed by atoms with Gasteiger partial charge in [-0.25, -0.2) is 4.79 Å². The first kappa shape index (κ1) is 13.0. The van der Waals surface area contributed by atoms with Gasteiger partial charge < -0.3 is 14.6 Å².